The van der Waals surface area contributed by atoms with Crippen LogP contribution < -0.4 is 10.1 Å². The fraction of sp³-hybridized carbons (Fsp3) is 0.222. The molecule has 1 heterocycles. The molecule has 0 bridgehead atoms. The highest BCUT2D eigenvalue weighted by atomic mass is 19.3. The van der Waals surface area contributed by atoms with Gasteiger partial charge in [0.25, 0.3) is 6.43 Å². The second kappa shape index (κ2) is 7.21. The Morgan fingerprint density at radius 1 is 1.04 bits per heavy atom. The van der Waals surface area contributed by atoms with E-state index >= 15 is 0 Å². The molecular weight excluding hydrogens is 312 g/mol. The first-order chi connectivity index (χ1) is 11.7. The van der Waals surface area contributed by atoms with E-state index in [1.165, 1.54) is 0 Å². The summed E-state index contributed by atoms with van der Waals surface area (Å²) < 4.78 is 31.3. The zero-order valence-corrected chi connectivity index (χ0v) is 13.2. The number of halogens is 2. The standard InChI is InChI=1S/C18H17F2N3O/c1-24-15-9-5-2-6-12(15)10-11-21-17-13-7-3-4-8-14(13)22-18(23-17)16(19)20/h2-9,16H,10-11H2,1H3,(H,21,22,23). The molecule has 0 radical (unpaired) electrons. The van der Waals surface area contributed by atoms with Gasteiger partial charge in [-0.15, -0.1) is 0 Å². The zero-order chi connectivity index (χ0) is 16.9. The van der Waals surface area contributed by atoms with Crippen molar-refractivity contribution in [3.63, 3.8) is 0 Å². The van der Waals surface area contributed by atoms with E-state index in [2.05, 4.69) is 15.3 Å². The van der Waals surface area contributed by atoms with Crippen LogP contribution in [-0.4, -0.2) is 23.6 Å². The van der Waals surface area contributed by atoms with E-state index in [4.69, 9.17) is 4.74 Å². The Kier molecular flexibility index (Phi) is 4.84. The van der Waals surface area contributed by atoms with Crippen LogP contribution >= 0.6 is 0 Å². The topological polar surface area (TPSA) is 47.0 Å². The molecule has 6 heteroatoms. The van der Waals surface area contributed by atoms with Crippen LogP contribution in [0.25, 0.3) is 10.9 Å². The second-order valence-electron chi connectivity index (χ2n) is 5.24. The van der Waals surface area contributed by atoms with E-state index < -0.39 is 12.2 Å². The number of aromatic nitrogens is 2. The molecule has 0 unspecified atom stereocenters. The molecule has 0 atom stereocenters. The van der Waals surface area contributed by atoms with E-state index in [9.17, 15) is 8.78 Å². The number of rotatable bonds is 6. The van der Waals surface area contributed by atoms with E-state index in [1.807, 2.05) is 36.4 Å². The molecule has 0 fully saturated rings. The highest BCUT2D eigenvalue weighted by Gasteiger charge is 2.14. The third kappa shape index (κ3) is 3.42. The third-order valence-corrected chi connectivity index (χ3v) is 3.70. The van der Waals surface area contributed by atoms with Gasteiger partial charge in [-0.25, -0.2) is 18.7 Å². The number of benzene rings is 2. The molecule has 24 heavy (non-hydrogen) atoms. The Morgan fingerprint density at radius 3 is 2.58 bits per heavy atom. The molecule has 0 spiro atoms. The Balaban J connectivity index is 1.82. The zero-order valence-electron chi connectivity index (χ0n) is 13.2. The summed E-state index contributed by atoms with van der Waals surface area (Å²) in [5.41, 5.74) is 1.54. The molecular formula is C18H17F2N3O. The number of fused-ring (bicyclic) bond motifs is 1. The molecule has 0 saturated heterocycles. The molecule has 4 nitrogen and oxygen atoms in total. The first-order valence-corrected chi connectivity index (χ1v) is 7.59. The van der Waals surface area contributed by atoms with Crippen LogP contribution in [0, 0.1) is 0 Å². The van der Waals surface area contributed by atoms with Gasteiger partial charge in [-0.1, -0.05) is 30.3 Å². The third-order valence-electron chi connectivity index (χ3n) is 3.70. The molecule has 3 rings (SSSR count). The highest BCUT2D eigenvalue weighted by Crippen LogP contribution is 2.24. The molecule has 0 aliphatic carbocycles. The van der Waals surface area contributed by atoms with Gasteiger partial charge in [0.2, 0.25) is 0 Å². The summed E-state index contributed by atoms with van der Waals surface area (Å²) >= 11 is 0. The molecule has 1 N–H and O–H groups in total. The average molecular weight is 329 g/mol. The number of anilines is 1. The molecule has 3 aromatic rings. The number of hydrogen-bond acceptors (Lipinski definition) is 4. The van der Waals surface area contributed by atoms with Gasteiger partial charge >= 0.3 is 0 Å². The maximum absolute atomic E-state index is 13.0. The minimum atomic E-state index is -2.70. The lowest BCUT2D eigenvalue weighted by Crippen LogP contribution is -2.09. The largest absolute Gasteiger partial charge is 0.496 e. The van der Waals surface area contributed by atoms with Crippen molar-refractivity contribution in [2.75, 3.05) is 19.0 Å². The molecule has 1 aromatic heterocycles. The van der Waals surface area contributed by atoms with Crippen molar-refractivity contribution in [1.29, 1.82) is 0 Å². The highest BCUT2D eigenvalue weighted by molar-refractivity contribution is 5.89. The van der Waals surface area contributed by atoms with Gasteiger partial charge in [0.15, 0.2) is 5.82 Å². The second-order valence-corrected chi connectivity index (χ2v) is 5.24. The fourth-order valence-electron chi connectivity index (χ4n) is 2.55. The SMILES string of the molecule is COc1ccccc1CCNc1nc(C(F)F)nc2ccccc12. The van der Waals surface area contributed by atoms with Gasteiger partial charge in [-0.2, -0.15) is 0 Å². The van der Waals surface area contributed by atoms with E-state index in [0.29, 0.717) is 24.3 Å². The number of ether oxygens (including phenoxy) is 1. The molecule has 0 aliphatic heterocycles. The summed E-state index contributed by atoms with van der Waals surface area (Å²) in [4.78, 5) is 7.88. The Labute approximate surface area is 138 Å². The summed E-state index contributed by atoms with van der Waals surface area (Å²) in [7, 11) is 1.62. The normalized spacial score (nSPS) is 11.0. The van der Waals surface area contributed by atoms with Gasteiger partial charge in [-0.3, -0.25) is 0 Å². The minimum absolute atomic E-state index is 0.422. The summed E-state index contributed by atoms with van der Waals surface area (Å²) in [5.74, 6) is 0.763. The van der Waals surface area contributed by atoms with Crippen LogP contribution in [0.1, 0.15) is 17.8 Å². The molecule has 2 aromatic carbocycles. The number of para-hydroxylation sites is 2. The predicted octanol–water partition coefficient (Wildman–Crippen LogP) is 4.23. The first-order valence-electron chi connectivity index (χ1n) is 7.59. The van der Waals surface area contributed by atoms with E-state index in [-0.39, 0.29) is 0 Å². The summed E-state index contributed by atoms with van der Waals surface area (Å²) in [6.07, 6.45) is -2.02. The number of nitrogens with zero attached hydrogens (tertiary/aromatic N) is 2. The number of alkyl halides is 2. The Morgan fingerprint density at radius 2 is 1.79 bits per heavy atom. The number of methoxy groups -OCH3 is 1. The van der Waals surface area contributed by atoms with Gasteiger partial charge in [0, 0.05) is 11.9 Å². The smallest absolute Gasteiger partial charge is 0.297 e. The monoisotopic (exact) mass is 329 g/mol. The summed E-state index contributed by atoms with van der Waals surface area (Å²) in [5, 5.41) is 3.87. The maximum atomic E-state index is 13.0. The van der Waals surface area contributed by atoms with Crippen LogP contribution in [0.2, 0.25) is 0 Å². The van der Waals surface area contributed by atoms with Crippen LogP contribution in [-0.2, 0) is 6.42 Å². The fourth-order valence-corrected chi connectivity index (χ4v) is 2.55. The van der Waals surface area contributed by atoms with Gasteiger partial charge in [0.05, 0.1) is 12.6 Å². The van der Waals surface area contributed by atoms with E-state index in [0.717, 1.165) is 16.7 Å². The van der Waals surface area contributed by atoms with Crippen LogP contribution in [0.15, 0.2) is 48.5 Å². The van der Waals surface area contributed by atoms with Crippen molar-refractivity contribution < 1.29 is 13.5 Å². The summed E-state index contributed by atoms with van der Waals surface area (Å²) in [6.45, 7) is 0.546. The molecule has 0 amide bonds. The maximum Gasteiger partial charge on any atom is 0.297 e. The van der Waals surface area contributed by atoms with Crippen LogP contribution in [0.3, 0.4) is 0 Å². The van der Waals surface area contributed by atoms with Crippen molar-refractivity contribution in [1.82, 2.24) is 9.97 Å². The van der Waals surface area contributed by atoms with Crippen molar-refractivity contribution >= 4 is 16.7 Å². The quantitative estimate of drug-likeness (QED) is 0.735. The number of hydrogen-bond donors (Lipinski definition) is 1. The average Bonchev–Trinajstić information content (AvgIpc) is 2.61. The van der Waals surface area contributed by atoms with Crippen molar-refractivity contribution in [2.24, 2.45) is 0 Å². The molecule has 0 saturated carbocycles. The Hall–Kier alpha value is -2.76. The van der Waals surface area contributed by atoms with Gasteiger partial charge in [-0.05, 0) is 30.2 Å². The van der Waals surface area contributed by atoms with Crippen LogP contribution in [0.4, 0.5) is 14.6 Å². The van der Waals surface area contributed by atoms with E-state index in [1.54, 1.807) is 19.2 Å². The Bertz CT molecular complexity index is 839. The van der Waals surface area contributed by atoms with Crippen molar-refractivity contribution in [3.8, 4) is 5.75 Å². The molecule has 0 aliphatic rings. The van der Waals surface area contributed by atoms with Gasteiger partial charge < -0.3 is 10.1 Å². The van der Waals surface area contributed by atoms with Crippen LogP contribution in [0.5, 0.6) is 5.75 Å². The first kappa shape index (κ1) is 16.1. The van der Waals surface area contributed by atoms with Crippen molar-refractivity contribution in [3.05, 3.63) is 59.9 Å². The molecule has 124 valence electrons. The lowest BCUT2D eigenvalue weighted by Gasteiger charge is -2.12. The number of nitrogens with one attached hydrogen (secondary N) is 1. The minimum Gasteiger partial charge on any atom is -0.496 e. The van der Waals surface area contributed by atoms with Crippen molar-refractivity contribution in [2.45, 2.75) is 12.8 Å². The lowest BCUT2D eigenvalue weighted by molar-refractivity contribution is 0.141. The summed E-state index contributed by atoms with van der Waals surface area (Å²) in [6, 6.07) is 14.8. The predicted molar refractivity (Wildman–Crippen MR) is 89.7 cm³/mol. The van der Waals surface area contributed by atoms with Gasteiger partial charge in [0.1, 0.15) is 11.6 Å². The lowest BCUT2D eigenvalue weighted by atomic mass is 10.1.